The SMILES string of the molecule is O=C(NCc1ccccc1)NN=S. The minimum atomic E-state index is -0.390. The lowest BCUT2D eigenvalue weighted by molar-refractivity contribution is 0.241. The lowest BCUT2D eigenvalue weighted by atomic mass is 10.2. The fourth-order valence-electron chi connectivity index (χ4n) is 0.859. The van der Waals surface area contributed by atoms with Crippen molar-refractivity contribution in [3.8, 4) is 0 Å². The molecule has 0 saturated carbocycles. The first-order valence-electron chi connectivity index (χ1n) is 3.73. The van der Waals surface area contributed by atoms with Crippen LogP contribution >= 0.6 is 0 Å². The van der Waals surface area contributed by atoms with E-state index in [4.69, 9.17) is 0 Å². The molecule has 0 unspecified atom stereocenters. The third-order valence-electron chi connectivity index (χ3n) is 1.44. The number of nitrogens with one attached hydrogen (secondary N) is 2. The number of urea groups is 1. The molecule has 68 valence electrons. The monoisotopic (exact) mass is 195 g/mol. The summed E-state index contributed by atoms with van der Waals surface area (Å²) in [4.78, 5) is 10.8. The number of hydrogen-bond acceptors (Lipinski definition) is 3. The van der Waals surface area contributed by atoms with Crippen LogP contribution in [0.5, 0.6) is 0 Å². The molecule has 0 aromatic heterocycles. The van der Waals surface area contributed by atoms with Gasteiger partial charge in [0, 0.05) is 6.54 Å². The highest BCUT2D eigenvalue weighted by Crippen LogP contribution is 1.96. The van der Waals surface area contributed by atoms with Crippen LogP contribution in [0.15, 0.2) is 34.8 Å². The minimum absolute atomic E-state index is 0.390. The van der Waals surface area contributed by atoms with Crippen molar-refractivity contribution in [2.24, 2.45) is 4.47 Å². The molecule has 0 heterocycles. The molecule has 1 aromatic rings. The Kier molecular flexibility index (Phi) is 3.84. The molecule has 4 nitrogen and oxygen atoms in total. The van der Waals surface area contributed by atoms with E-state index in [2.05, 4.69) is 27.6 Å². The van der Waals surface area contributed by atoms with Gasteiger partial charge in [-0.05, 0) is 5.56 Å². The van der Waals surface area contributed by atoms with E-state index in [9.17, 15) is 4.79 Å². The van der Waals surface area contributed by atoms with Gasteiger partial charge in [-0.25, -0.2) is 10.2 Å². The summed E-state index contributed by atoms with van der Waals surface area (Å²) in [7, 11) is 0. The predicted octanol–water partition coefficient (Wildman–Crippen LogP) is 1.13. The maximum absolute atomic E-state index is 10.8. The maximum atomic E-state index is 10.8. The van der Waals surface area contributed by atoms with Gasteiger partial charge in [-0.3, -0.25) is 0 Å². The summed E-state index contributed by atoms with van der Waals surface area (Å²) in [6, 6.07) is 9.19. The van der Waals surface area contributed by atoms with Crippen molar-refractivity contribution in [1.82, 2.24) is 10.7 Å². The van der Waals surface area contributed by atoms with Crippen LogP contribution in [0.25, 0.3) is 0 Å². The van der Waals surface area contributed by atoms with E-state index in [1.54, 1.807) is 0 Å². The van der Waals surface area contributed by atoms with Gasteiger partial charge in [0.05, 0.1) is 12.4 Å². The van der Waals surface area contributed by atoms with Crippen LogP contribution < -0.4 is 10.7 Å². The van der Waals surface area contributed by atoms with E-state index in [-0.39, 0.29) is 6.03 Å². The average molecular weight is 195 g/mol. The molecule has 0 saturated heterocycles. The number of nitrogens with zero attached hydrogens (tertiary/aromatic N) is 1. The van der Waals surface area contributed by atoms with Gasteiger partial charge >= 0.3 is 6.03 Å². The van der Waals surface area contributed by atoms with Crippen LogP contribution in [0, 0.1) is 0 Å². The standard InChI is InChI=1S/C8H9N3OS/c12-8(10-11-13)9-6-7-4-2-1-3-5-7/h1-5H,6H2,(H2,9,10,12,13). The lowest BCUT2D eigenvalue weighted by Gasteiger charge is -2.02. The van der Waals surface area contributed by atoms with Crippen LogP contribution in [0.4, 0.5) is 4.79 Å². The van der Waals surface area contributed by atoms with Gasteiger partial charge in [0.25, 0.3) is 0 Å². The first kappa shape index (κ1) is 9.60. The number of benzene rings is 1. The van der Waals surface area contributed by atoms with Crippen molar-refractivity contribution < 1.29 is 4.79 Å². The summed E-state index contributed by atoms with van der Waals surface area (Å²) >= 11 is 4.21. The van der Waals surface area contributed by atoms with E-state index in [0.717, 1.165) is 5.56 Å². The molecule has 0 atom stereocenters. The van der Waals surface area contributed by atoms with Crippen molar-refractivity contribution in [3.05, 3.63) is 35.9 Å². The van der Waals surface area contributed by atoms with E-state index in [1.165, 1.54) is 0 Å². The quantitative estimate of drug-likeness (QED) is 0.710. The first-order valence-corrected chi connectivity index (χ1v) is 4.09. The van der Waals surface area contributed by atoms with Crippen LogP contribution in [0.1, 0.15) is 5.56 Å². The van der Waals surface area contributed by atoms with E-state index in [1.807, 2.05) is 30.3 Å². The average Bonchev–Trinajstić information content (AvgIpc) is 2.17. The number of rotatable bonds is 3. The summed E-state index contributed by atoms with van der Waals surface area (Å²) in [5.41, 5.74) is 3.14. The van der Waals surface area contributed by atoms with Crippen molar-refractivity contribution in [2.45, 2.75) is 6.54 Å². The number of amides is 2. The largest absolute Gasteiger partial charge is 0.336 e. The normalized spacial score (nSPS) is 8.92. The molecule has 0 radical (unpaired) electrons. The molecule has 0 spiro atoms. The van der Waals surface area contributed by atoms with Crippen molar-refractivity contribution in [3.63, 3.8) is 0 Å². The van der Waals surface area contributed by atoms with Crippen LogP contribution in [-0.2, 0) is 19.0 Å². The Morgan fingerprint density at radius 3 is 2.69 bits per heavy atom. The topological polar surface area (TPSA) is 53.5 Å². The summed E-state index contributed by atoms with van der Waals surface area (Å²) < 4.78 is 3.07. The Morgan fingerprint density at radius 1 is 1.38 bits per heavy atom. The maximum Gasteiger partial charge on any atom is 0.336 e. The van der Waals surface area contributed by atoms with Gasteiger partial charge in [-0.2, -0.15) is 0 Å². The lowest BCUT2D eigenvalue weighted by Crippen LogP contribution is -2.31. The van der Waals surface area contributed by atoms with Crippen LogP contribution in [-0.4, -0.2) is 6.03 Å². The zero-order valence-corrected chi connectivity index (χ0v) is 7.67. The predicted molar refractivity (Wildman–Crippen MR) is 51.6 cm³/mol. The third-order valence-corrected chi connectivity index (χ3v) is 1.53. The summed E-state index contributed by atoms with van der Waals surface area (Å²) in [6.07, 6.45) is 0. The van der Waals surface area contributed by atoms with E-state index >= 15 is 0 Å². The molecule has 0 fully saturated rings. The van der Waals surface area contributed by atoms with Gasteiger partial charge in [0.2, 0.25) is 0 Å². The van der Waals surface area contributed by atoms with Crippen LogP contribution in [0.3, 0.4) is 0 Å². The fraction of sp³-hybridized carbons (Fsp3) is 0.125. The first-order chi connectivity index (χ1) is 6.33. The Labute approximate surface area is 81.5 Å². The van der Waals surface area contributed by atoms with Gasteiger partial charge in [-0.1, -0.05) is 34.8 Å². The van der Waals surface area contributed by atoms with Gasteiger partial charge in [-0.15, -0.1) is 0 Å². The minimum Gasteiger partial charge on any atom is -0.333 e. The number of hydrogen-bond donors (Lipinski definition) is 2. The summed E-state index contributed by atoms with van der Waals surface area (Å²) in [6.45, 7) is 0.470. The summed E-state index contributed by atoms with van der Waals surface area (Å²) in [5, 5.41) is 2.59. The highest BCUT2D eigenvalue weighted by atomic mass is 32.1. The molecule has 1 rings (SSSR count). The molecular formula is C8H9N3OS. The van der Waals surface area contributed by atoms with Crippen molar-refractivity contribution >= 4 is 18.5 Å². The molecule has 0 bridgehead atoms. The second-order valence-corrected chi connectivity index (χ2v) is 2.55. The molecule has 2 N–H and O–H groups in total. The fourth-order valence-corrected chi connectivity index (χ4v) is 0.942. The van der Waals surface area contributed by atoms with E-state index in [0.29, 0.717) is 6.54 Å². The second kappa shape index (κ2) is 5.21. The van der Waals surface area contributed by atoms with Gasteiger partial charge in [0.15, 0.2) is 0 Å². The molecular weight excluding hydrogens is 186 g/mol. The highest BCUT2D eigenvalue weighted by molar-refractivity contribution is 7.47. The molecule has 1 aromatic carbocycles. The molecule has 0 aliphatic carbocycles. The Bertz CT molecular complexity index is 289. The molecule has 13 heavy (non-hydrogen) atoms. The zero-order valence-electron chi connectivity index (χ0n) is 6.86. The molecule has 2 amide bonds. The van der Waals surface area contributed by atoms with Gasteiger partial charge < -0.3 is 5.32 Å². The zero-order chi connectivity index (χ0) is 9.52. The smallest absolute Gasteiger partial charge is 0.333 e. The number of carbonyl (C=O) groups is 1. The molecule has 5 heteroatoms. The Balaban J connectivity index is 2.35. The number of carbonyl (C=O) groups excluding carboxylic acids is 1. The third kappa shape index (κ3) is 3.62. The highest BCUT2D eigenvalue weighted by Gasteiger charge is 1.96. The van der Waals surface area contributed by atoms with Crippen LogP contribution in [0.2, 0.25) is 0 Å². The Morgan fingerprint density at radius 2 is 2.08 bits per heavy atom. The second-order valence-electron chi connectivity index (χ2n) is 2.37. The van der Waals surface area contributed by atoms with Gasteiger partial charge in [0.1, 0.15) is 0 Å². The molecule has 0 aliphatic rings. The van der Waals surface area contributed by atoms with E-state index < -0.39 is 0 Å². The summed E-state index contributed by atoms with van der Waals surface area (Å²) in [5.74, 6) is 0. The Hall–Kier alpha value is -1.49. The van der Waals surface area contributed by atoms with Crippen molar-refractivity contribution in [2.75, 3.05) is 0 Å². The van der Waals surface area contributed by atoms with Crippen molar-refractivity contribution in [1.29, 1.82) is 0 Å². The molecule has 0 aliphatic heterocycles.